The van der Waals surface area contributed by atoms with Crippen molar-refractivity contribution in [2.45, 2.75) is 89.3 Å². The quantitative estimate of drug-likeness (QED) is 0.0436. The second-order valence-electron chi connectivity index (χ2n) is 20.7. The molecule has 6 aliphatic rings. The van der Waals surface area contributed by atoms with E-state index in [-0.39, 0.29) is 57.5 Å². The van der Waals surface area contributed by atoms with Gasteiger partial charge in [-0.15, -0.1) is 12.4 Å². The van der Waals surface area contributed by atoms with Gasteiger partial charge in [0, 0.05) is 35.7 Å². The van der Waals surface area contributed by atoms with Crippen LogP contribution in [0.4, 0.5) is 0 Å². The number of carbonyl (C=O) groups is 6. The molecule has 4 bridgehead atoms. The van der Waals surface area contributed by atoms with Gasteiger partial charge in [0.05, 0.1) is 45.8 Å². The van der Waals surface area contributed by atoms with Crippen molar-refractivity contribution in [2.24, 2.45) is 47.3 Å². The lowest BCUT2D eigenvalue weighted by atomic mass is 9.75. The van der Waals surface area contributed by atoms with E-state index in [0.717, 1.165) is 52.1 Å². The number of imide groups is 1. The SMILES string of the molecule is Cl.O=C(OC1CC2CC1C(C(=O)NC(=O)C1C3CC(CC3OC(=O)c3cc(Cl)nc4ccccc34)C1C(=O)NCCCN1CCCCC1)C2C(=O)NCCCN1CCCCC1)c1cc(Cl)nc2ccccc12. The lowest BCUT2D eigenvalue weighted by molar-refractivity contribution is -0.147. The first-order valence-corrected chi connectivity index (χ1v) is 26.6. The fourth-order valence-corrected chi connectivity index (χ4v) is 13.7. The molecule has 384 valence electrons. The summed E-state index contributed by atoms with van der Waals surface area (Å²) >= 11 is 12.7. The highest BCUT2D eigenvalue weighted by Gasteiger charge is 2.62. The summed E-state index contributed by atoms with van der Waals surface area (Å²) in [4.78, 5) is 99.9. The number of likely N-dealkylation sites (tertiary alicyclic amines) is 2. The van der Waals surface area contributed by atoms with Gasteiger partial charge >= 0.3 is 11.9 Å². The van der Waals surface area contributed by atoms with E-state index >= 15 is 0 Å². The molecule has 15 nitrogen and oxygen atoms in total. The Hall–Kier alpha value is -4.93. The number of pyridine rings is 2. The summed E-state index contributed by atoms with van der Waals surface area (Å²) < 4.78 is 12.5. The number of piperidine rings is 2. The van der Waals surface area contributed by atoms with E-state index in [0.29, 0.717) is 60.6 Å². The van der Waals surface area contributed by atoms with Crippen LogP contribution in [0.25, 0.3) is 21.8 Å². The molecule has 2 aromatic carbocycles. The zero-order valence-corrected chi connectivity index (χ0v) is 42.7. The van der Waals surface area contributed by atoms with E-state index in [1.54, 1.807) is 48.5 Å². The highest BCUT2D eigenvalue weighted by atomic mass is 35.5. The minimum absolute atomic E-state index is 0. The van der Waals surface area contributed by atoms with E-state index in [1.165, 1.54) is 50.7 Å². The minimum atomic E-state index is -1.01. The fraction of sp³-hybridized carbons (Fsp3) is 0.556. The molecule has 2 aromatic heterocycles. The molecule has 0 spiro atoms. The highest BCUT2D eigenvalue weighted by Crippen LogP contribution is 2.56. The van der Waals surface area contributed by atoms with Gasteiger partial charge in [0.25, 0.3) is 0 Å². The number of nitrogens with zero attached hydrogens (tertiary/aromatic N) is 4. The van der Waals surface area contributed by atoms with Crippen LogP contribution >= 0.6 is 35.6 Å². The van der Waals surface area contributed by atoms with Crippen LogP contribution in [-0.4, -0.2) is 120 Å². The number of halogens is 3. The number of nitrogens with one attached hydrogen (secondary N) is 3. The predicted octanol–water partition coefficient (Wildman–Crippen LogP) is 7.43. The molecule has 72 heavy (non-hydrogen) atoms. The number of para-hydroxylation sites is 2. The Bertz CT molecular complexity index is 2500. The number of esters is 2. The Morgan fingerprint density at radius 1 is 0.542 bits per heavy atom. The Kier molecular flexibility index (Phi) is 16.7. The van der Waals surface area contributed by atoms with Crippen molar-refractivity contribution in [2.75, 3.05) is 52.4 Å². The van der Waals surface area contributed by atoms with E-state index < -0.39 is 71.5 Å². The lowest BCUT2D eigenvalue weighted by Crippen LogP contribution is -2.53. The number of ether oxygens (including phenoxy) is 2. The summed E-state index contributed by atoms with van der Waals surface area (Å²) in [6.07, 6.45) is 8.82. The number of carbonyl (C=O) groups excluding carboxylic acids is 6. The average molecular weight is 1050 g/mol. The zero-order valence-electron chi connectivity index (χ0n) is 40.4. The van der Waals surface area contributed by atoms with Gasteiger partial charge in [0.2, 0.25) is 23.6 Å². The predicted molar refractivity (Wildman–Crippen MR) is 275 cm³/mol. The standard InChI is InChI=1S/C54H63Cl2N7O8.ClH/c55-43-29-35(33-13-3-5-15-39(33)59-43)53(68)70-41-27-31-25-37(41)47(45(31)49(64)57-17-11-23-62-19-7-1-8-20-62)51(66)61-52(67)48-38-26-32(46(48)50(65)58-18-12-24-63-21-9-2-10-22-63)28-42(38)71-54(69)36-30-44(56)60-40-16-6-4-14-34(36)40;/h3-6,13-16,29-32,37-38,41-42,45-48H,1-2,7-12,17-28H2,(H,57,64)(H,58,65)(H,61,66,67);1H. The molecule has 4 aliphatic carbocycles. The Labute approximate surface area is 436 Å². The normalized spacial score (nSPS) is 27.8. The minimum Gasteiger partial charge on any atom is -0.458 e. The van der Waals surface area contributed by atoms with Gasteiger partial charge in [0.15, 0.2) is 0 Å². The summed E-state index contributed by atoms with van der Waals surface area (Å²) in [5, 5.41) is 10.3. The summed E-state index contributed by atoms with van der Waals surface area (Å²) in [5.74, 6) is -8.36. The van der Waals surface area contributed by atoms with Crippen LogP contribution < -0.4 is 16.0 Å². The topological polar surface area (TPSA) is 189 Å². The molecule has 18 heteroatoms. The lowest BCUT2D eigenvalue weighted by Gasteiger charge is -2.36. The van der Waals surface area contributed by atoms with E-state index in [9.17, 15) is 28.8 Å². The third kappa shape index (κ3) is 11.1. The zero-order chi connectivity index (χ0) is 49.2. The van der Waals surface area contributed by atoms with Crippen LogP contribution in [0, 0.1) is 47.3 Å². The summed E-state index contributed by atoms with van der Waals surface area (Å²) in [7, 11) is 0. The fourth-order valence-electron chi connectivity index (χ4n) is 13.3. The molecule has 3 N–H and O–H groups in total. The maximum atomic E-state index is 14.9. The van der Waals surface area contributed by atoms with Crippen LogP contribution in [0.15, 0.2) is 60.7 Å². The van der Waals surface area contributed by atoms with Crippen molar-refractivity contribution in [3.8, 4) is 0 Å². The molecule has 2 saturated heterocycles. The van der Waals surface area contributed by atoms with Crippen LogP contribution in [0.2, 0.25) is 10.3 Å². The first kappa shape index (κ1) is 52.0. The summed E-state index contributed by atoms with van der Waals surface area (Å²) in [6.45, 7) is 6.77. The molecule has 2 aliphatic heterocycles. The van der Waals surface area contributed by atoms with Crippen molar-refractivity contribution in [3.05, 3.63) is 82.1 Å². The Morgan fingerprint density at radius 3 is 1.36 bits per heavy atom. The molecule has 4 heterocycles. The number of amides is 4. The number of hydrogen-bond acceptors (Lipinski definition) is 12. The first-order chi connectivity index (χ1) is 34.5. The number of aromatic nitrogens is 2. The van der Waals surface area contributed by atoms with Crippen LogP contribution in [0.1, 0.15) is 97.8 Å². The van der Waals surface area contributed by atoms with Crippen molar-refractivity contribution in [1.29, 1.82) is 0 Å². The molecule has 4 saturated carbocycles. The summed E-state index contributed by atoms with van der Waals surface area (Å²) in [5.41, 5.74) is 1.55. The van der Waals surface area contributed by atoms with Crippen LogP contribution in [0.3, 0.4) is 0 Å². The van der Waals surface area contributed by atoms with Crippen LogP contribution in [0.5, 0.6) is 0 Å². The molecule has 0 radical (unpaired) electrons. The second kappa shape index (κ2) is 23.1. The average Bonchev–Trinajstić information content (AvgIpc) is 4.17. The van der Waals surface area contributed by atoms with E-state index in [1.807, 2.05) is 0 Å². The molecule has 10 atom stereocenters. The molecular weight excluding hydrogens is 981 g/mol. The highest BCUT2D eigenvalue weighted by molar-refractivity contribution is 6.31. The number of fused-ring (bicyclic) bond motifs is 6. The van der Waals surface area contributed by atoms with E-state index in [4.69, 9.17) is 32.7 Å². The van der Waals surface area contributed by atoms with E-state index in [2.05, 4.69) is 35.7 Å². The largest absolute Gasteiger partial charge is 0.458 e. The smallest absolute Gasteiger partial charge is 0.339 e. The van der Waals surface area contributed by atoms with Gasteiger partial charge in [0.1, 0.15) is 22.5 Å². The number of hydrogen-bond donors (Lipinski definition) is 3. The van der Waals surface area contributed by atoms with Crippen molar-refractivity contribution < 1.29 is 38.2 Å². The summed E-state index contributed by atoms with van der Waals surface area (Å²) in [6, 6.07) is 17.2. The second-order valence-corrected chi connectivity index (χ2v) is 21.5. The molecule has 4 aromatic rings. The maximum absolute atomic E-state index is 14.9. The molecule has 4 amide bonds. The van der Waals surface area contributed by atoms with Crippen molar-refractivity contribution >= 4 is 93.0 Å². The third-order valence-electron chi connectivity index (χ3n) is 16.5. The van der Waals surface area contributed by atoms with Gasteiger partial charge in [-0.2, -0.15) is 0 Å². The van der Waals surface area contributed by atoms with Crippen molar-refractivity contribution in [1.82, 2.24) is 35.7 Å². The van der Waals surface area contributed by atoms with Crippen molar-refractivity contribution in [3.63, 3.8) is 0 Å². The van der Waals surface area contributed by atoms with Gasteiger partial charge in [-0.1, -0.05) is 72.4 Å². The third-order valence-corrected chi connectivity index (χ3v) is 16.9. The first-order valence-electron chi connectivity index (χ1n) is 25.9. The number of rotatable bonds is 16. The van der Waals surface area contributed by atoms with Crippen LogP contribution in [-0.2, 0) is 28.7 Å². The Morgan fingerprint density at radius 2 is 0.944 bits per heavy atom. The van der Waals surface area contributed by atoms with Gasteiger partial charge in [-0.25, -0.2) is 19.6 Å². The molecular formula is C54H64Cl3N7O8. The van der Waals surface area contributed by atoms with Gasteiger partial charge in [-0.3, -0.25) is 24.5 Å². The van der Waals surface area contributed by atoms with Gasteiger partial charge < -0.3 is 29.9 Å². The Balaban J connectivity index is 0.00000640. The molecule has 10 unspecified atom stereocenters. The van der Waals surface area contributed by atoms with Gasteiger partial charge in [-0.05, 0) is 140 Å². The monoisotopic (exact) mass is 1040 g/mol. The number of benzene rings is 2. The molecule has 10 rings (SSSR count). The maximum Gasteiger partial charge on any atom is 0.339 e. The molecule has 6 fully saturated rings.